The Hall–Kier alpha value is -3.32. The lowest BCUT2D eigenvalue weighted by Gasteiger charge is -2.33. The summed E-state index contributed by atoms with van der Waals surface area (Å²) in [6.45, 7) is 4.19. The van der Waals surface area contributed by atoms with Gasteiger partial charge in [0.15, 0.2) is 11.5 Å². The first-order valence-corrected chi connectivity index (χ1v) is 10.6. The number of hydrogen-bond acceptors (Lipinski definition) is 5. The summed E-state index contributed by atoms with van der Waals surface area (Å²) in [5.74, 6) is 0.759. The van der Waals surface area contributed by atoms with Crippen LogP contribution >= 0.6 is 0 Å². The number of imidazole rings is 1. The van der Waals surface area contributed by atoms with Crippen LogP contribution in [0.3, 0.4) is 0 Å². The summed E-state index contributed by atoms with van der Waals surface area (Å²) >= 11 is 0. The van der Waals surface area contributed by atoms with Crippen LogP contribution in [-0.4, -0.2) is 56.7 Å². The quantitative estimate of drug-likeness (QED) is 0.510. The third-order valence-electron chi connectivity index (χ3n) is 6.63. The fourth-order valence-corrected chi connectivity index (χ4v) is 5.04. The van der Waals surface area contributed by atoms with E-state index in [2.05, 4.69) is 34.8 Å². The molecule has 0 saturated carbocycles. The Balaban J connectivity index is 1.56. The maximum atomic E-state index is 13.6. The molecule has 156 valence electrons. The highest BCUT2D eigenvalue weighted by Gasteiger charge is 2.42. The summed E-state index contributed by atoms with van der Waals surface area (Å²) in [5, 5.41) is 5.11. The largest absolute Gasteiger partial charge is 0.349 e. The molecule has 1 aromatic carbocycles. The van der Waals surface area contributed by atoms with E-state index in [1.54, 1.807) is 24.5 Å². The lowest BCUT2D eigenvalue weighted by molar-refractivity contribution is 0.292. The molecule has 0 aliphatic carbocycles. The molecule has 3 aromatic heterocycles. The van der Waals surface area contributed by atoms with Crippen molar-refractivity contribution < 1.29 is 4.39 Å². The Morgan fingerprint density at radius 3 is 2.42 bits per heavy atom. The molecule has 0 radical (unpaired) electrons. The number of nitrogens with zero attached hydrogens (tertiary/aromatic N) is 6. The van der Waals surface area contributed by atoms with Crippen molar-refractivity contribution in [3.05, 3.63) is 66.2 Å². The standard InChI is InChI=1S/C24H23FN6/c1-15-11-21-27-22(16-3-5-18(25)6-4-16)23(17-7-9-26-10-8-17)31(21)28-24(15)30-14-19-12-20(30)13-29(19)2/h3-11,19-20H,12-14H2,1-2H3/t19-,20-/m0/s1. The second kappa shape index (κ2) is 6.85. The van der Waals surface area contributed by atoms with Gasteiger partial charge in [-0.3, -0.25) is 9.88 Å². The molecule has 2 aliphatic rings. The predicted molar refractivity (Wildman–Crippen MR) is 119 cm³/mol. The monoisotopic (exact) mass is 414 g/mol. The summed E-state index contributed by atoms with van der Waals surface area (Å²) in [7, 11) is 2.21. The number of pyridine rings is 1. The van der Waals surface area contributed by atoms with Crippen molar-refractivity contribution in [3.63, 3.8) is 0 Å². The van der Waals surface area contributed by atoms with Crippen LogP contribution in [0.2, 0.25) is 0 Å². The predicted octanol–water partition coefficient (Wildman–Crippen LogP) is 3.80. The minimum absolute atomic E-state index is 0.261. The van der Waals surface area contributed by atoms with Gasteiger partial charge in [0.25, 0.3) is 0 Å². The van der Waals surface area contributed by atoms with Gasteiger partial charge in [-0.2, -0.15) is 0 Å². The smallest absolute Gasteiger partial charge is 0.155 e. The van der Waals surface area contributed by atoms with Gasteiger partial charge in [-0.05, 0) is 68.4 Å². The number of aryl methyl sites for hydroxylation is 1. The highest BCUT2D eigenvalue weighted by atomic mass is 19.1. The van der Waals surface area contributed by atoms with Crippen LogP contribution in [0.5, 0.6) is 0 Å². The number of rotatable bonds is 3. The zero-order valence-corrected chi connectivity index (χ0v) is 17.5. The molecule has 0 unspecified atom stereocenters. The van der Waals surface area contributed by atoms with E-state index in [1.807, 2.05) is 16.6 Å². The zero-order chi connectivity index (χ0) is 21.1. The van der Waals surface area contributed by atoms with Crippen molar-refractivity contribution in [3.8, 4) is 22.5 Å². The lowest BCUT2D eigenvalue weighted by atomic mass is 10.1. The molecule has 0 spiro atoms. The lowest BCUT2D eigenvalue weighted by Crippen LogP contribution is -2.45. The number of halogens is 1. The van der Waals surface area contributed by atoms with Crippen LogP contribution in [-0.2, 0) is 0 Å². The molecular weight excluding hydrogens is 391 g/mol. The minimum Gasteiger partial charge on any atom is -0.349 e. The van der Waals surface area contributed by atoms with Gasteiger partial charge in [-0.15, -0.1) is 5.10 Å². The van der Waals surface area contributed by atoms with Crippen molar-refractivity contribution in [2.24, 2.45) is 0 Å². The van der Waals surface area contributed by atoms with Crippen LogP contribution in [0, 0.1) is 12.7 Å². The third kappa shape index (κ3) is 2.91. The van der Waals surface area contributed by atoms with Crippen LogP contribution in [0.4, 0.5) is 10.2 Å². The number of aromatic nitrogens is 4. The van der Waals surface area contributed by atoms with Crippen LogP contribution < -0.4 is 4.90 Å². The van der Waals surface area contributed by atoms with Crippen molar-refractivity contribution in [1.82, 2.24) is 24.5 Å². The van der Waals surface area contributed by atoms with E-state index in [0.717, 1.165) is 52.6 Å². The summed E-state index contributed by atoms with van der Waals surface area (Å²) in [6, 6.07) is 13.6. The topological polar surface area (TPSA) is 49.6 Å². The second-order valence-corrected chi connectivity index (χ2v) is 8.61. The molecule has 0 amide bonds. The van der Waals surface area contributed by atoms with Gasteiger partial charge in [0, 0.05) is 48.7 Å². The van der Waals surface area contributed by atoms with E-state index >= 15 is 0 Å². The number of fused-ring (bicyclic) bond motifs is 3. The van der Waals surface area contributed by atoms with Crippen molar-refractivity contribution >= 4 is 11.5 Å². The number of likely N-dealkylation sites (N-methyl/N-ethyl adjacent to an activating group) is 1. The molecule has 31 heavy (non-hydrogen) atoms. The van der Waals surface area contributed by atoms with Gasteiger partial charge < -0.3 is 4.90 Å². The molecule has 6 rings (SSSR count). The molecule has 2 bridgehead atoms. The van der Waals surface area contributed by atoms with Crippen molar-refractivity contribution in [2.75, 3.05) is 25.0 Å². The van der Waals surface area contributed by atoms with E-state index < -0.39 is 0 Å². The zero-order valence-electron chi connectivity index (χ0n) is 17.5. The molecule has 2 atom stereocenters. The molecule has 6 nitrogen and oxygen atoms in total. The van der Waals surface area contributed by atoms with E-state index in [9.17, 15) is 4.39 Å². The Morgan fingerprint density at radius 1 is 0.968 bits per heavy atom. The van der Waals surface area contributed by atoms with Gasteiger partial charge >= 0.3 is 0 Å². The summed E-state index contributed by atoms with van der Waals surface area (Å²) in [6.07, 6.45) is 4.73. The molecule has 2 aliphatic heterocycles. The summed E-state index contributed by atoms with van der Waals surface area (Å²) in [5.41, 5.74) is 5.43. The van der Waals surface area contributed by atoms with Crippen LogP contribution in [0.15, 0.2) is 54.9 Å². The number of piperazine rings is 1. The number of anilines is 1. The SMILES string of the molecule is Cc1cc2nc(-c3ccc(F)cc3)c(-c3ccncc3)n2nc1N1C[C@@H]2C[C@H]1CN2C. The Labute approximate surface area is 180 Å². The molecule has 0 N–H and O–H groups in total. The molecule has 2 saturated heterocycles. The first-order valence-electron chi connectivity index (χ1n) is 10.6. The summed E-state index contributed by atoms with van der Waals surface area (Å²) in [4.78, 5) is 14.0. The third-order valence-corrected chi connectivity index (χ3v) is 6.63. The molecule has 4 aromatic rings. The average Bonchev–Trinajstić information content (AvgIpc) is 3.46. The summed E-state index contributed by atoms with van der Waals surface area (Å²) < 4.78 is 15.5. The highest BCUT2D eigenvalue weighted by molar-refractivity contribution is 5.82. The minimum atomic E-state index is -0.261. The molecular formula is C24H23FN6. The van der Waals surface area contributed by atoms with Crippen LogP contribution in [0.25, 0.3) is 28.2 Å². The molecule has 5 heterocycles. The van der Waals surface area contributed by atoms with Crippen molar-refractivity contribution in [2.45, 2.75) is 25.4 Å². The van der Waals surface area contributed by atoms with E-state index in [4.69, 9.17) is 10.1 Å². The van der Waals surface area contributed by atoms with E-state index in [0.29, 0.717) is 12.1 Å². The Morgan fingerprint density at radius 2 is 1.74 bits per heavy atom. The van der Waals surface area contributed by atoms with Gasteiger partial charge in [0.2, 0.25) is 0 Å². The highest BCUT2D eigenvalue weighted by Crippen LogP contribution is 2.37. The fourth-order valence-electron chi connectivity index (χ4n) is 5.04. The Kier molecular flexibility index (Phi) is 4.08. The van der Waals surface area contributed by atoms with Gasteiger partial charge in [-0.1, -0.05) is 0 Å². The molecule has 2 fully saturated rings. The number of hydrogen-bond donors (Lipinski definition) is 0. The Bertz CT molecular complexity index is 1260. The first kappa shape index (κ1) is 18.4. The van der Waals surface area contributed by atoms with E-state index in [-0.39, 0.29) is 5.82 Å². The first-order chi connectivity index (χ1) is 15.1. The van der Waals surface area contributed by atoms with Gasteiger partial charge in [-0.25, -0.2) is 13.9 Å². The molecule has 7 heteroatoms. The normalized spacial score (nSPS) is 20.8. The maximum absolute atomic E-state index is 13.6. The average molecular weight is 414 g/mol. The second-order valence-electron chi connectivity index (χ2n) is 8.61. The van der Waals surface area contributed by atoms with Crippen molar-refractivity contribution in [1.29, 1.82) is 0 Å². The van der Waals surface area contributed by atoms with Gasteiger partial charge in [0.05, 0.1) is 5.69 Å². The van der Waals surface area contributed by atoms with Gasteiger partial charge in [0.1, 0.15) is 11.5 Å². The van der Waals surface area contributed by atoms with E-state index in [1.165, 1.54) is 18.6 Å². The maximum Gasteiger partial charge on any atom is 0.155 e. The number of likely N-dealkylation sites (tertiary alicyclic amines) is 1. The number of benzene rings is 1. The van der Waals surface area contributed by atoms with Crippen LogP contribution in [0.1, 0.15) is 12.0 Å². The fraction of sp³-hybridized carbons (Fsp3) is 0.292.